The van der Waals surface area contributed by atoms with Crippen LogP contribution in [-0.2, 0) is 4.79 Å². The third-order valence-corrected chi connectivity index (χ3v) is 4.32. The SMILES string of the molecule is Cc1ccc(NC(=O)/C(C#N)=C\c2cc([N+](=O)[O-])c(Cl)cc2Cl)cc1C. The van der Waals surface area contributed by atoms with Crippen LogP contribution in [0.25, 0.3) is 6.08 Å². The summed E-state index contributed by atoms with van der Waals surface area (Å²) in [7, 11) is 0. The molecule has 2 aromatic rings. The molecule has 0 aliphatic rings. The van der Waals surface area contributed by atoms with E-state index in [9.17, 15) is 20.2 Å². The number of aryl methyl sites for hydroxylation is 2. The monoisotopic (exact) mass is 389 g/mol. The smallest absolute Gasteiger partial charge is 0.288 e. The van der Waals surface area contributed by atoms with Gasteiger partial charge in [-0.1, -0.05) is 29.3 Å². The number of rotatable bonds is 4. The summed E-state index contributed by atoms with van der Waals surface area (Å²) in [6.45, 7) is 3.84. The van der Waals surface area contributed by atoms with Crippen molar-refractivity contribution < 1.29 is 9.72 Å². The van der Waals surface area contributed by atoms with Gasteiger partial charge in [-0.3, -0.25) is 14.9 Å². The van der Waals surface area contributed by atoms with Crippen molar-refractivity contribution in [1.82, 2.24) is 0 Å². The molecule has 26 heavy (non-hydrogen) atoms. The molecule has 0 radical (unpaired) electrons. The summed E-state index contributed by atoms with van der Waals surface area (Å²) < 4.78 is 0. The van der Waals surface area contributed by atoms with Crippen LogP contribution < -0.4 is 5.32 Å². The quantitative estimate of drug-likeness (QED) is 0.341. The Bertz CT molecular complexity index is 978. The number of hydrogen-bond acceptors (Lipinski definition) is 4. The maximum atomic E-state index is 12.3. The van der Waals surface area contributed by atoms with Gasteiger partial charge in [-0.15, -0.1) is 0 Å². The van der Waals surface area contributed by atoms with Crippen molar-refractivity contribution in [3.63, 3.8) is 0 Å². The van der Waals surface area contributed by atoms with Crippen molar-refractivity contribution in [3.05, 3.63) is 72.8 Å². The number of anilines is 1. The minimum Gasteiger partial charge on any atom is -0.321 e. The van der Waals surface area contributed by atoms with Crippen LogP contribution in [0.5, 0.6) is 0 Å². The van der Waals surface area contributed by atoms with Crippen LogP contribution in [0.15, 0.2) is 35.9 Å². The Balaban J connectivity index is 2.37. The minimum absolute atomic E-state index is 0.0901. The highest BCUT2D eigenvalue weighted by Crippen LogP contribution is 2.32. The van der Waals surface area contributed by atoms with Crippen LogP contribution in [0.3, 0.4) is 0 Å². The Kier molecular flexibility index (Phi) is 5.98. The summed E-state index contributed by atoms with van der Waals surface area (Å²) in [6.07, 6.45) is 1.18. The van der Waals surface area contributed by atoms with Crippen molar-refractivity contribution in [2.75, 3.05) is 5.32 Å². The first-order valence-electron chi connectivity index (χ1n) is 7.36. The van der Waals surface area contributed by atoms with E-state index in [0.717, 1.165) is 17.2 Å². The number of nitriles is 1. The second-order valence-electron chi connectivity index (χ2n) is 5.51. The number of hydrogen-bond donors (Lipinski definition) is 1. The van der Waals surface area contributed by atoms with Gasteiger partial charge >= 0.3 is 0 Å². The average molecular weight is 390 g/mol. The summed E-state index contributed by atoms with van der Waals surface area (Å²) in [5, 5.41) is 22.8. The molecule has 8 heteroatoms. The van der Waals surface area contributed by atoms with E-state index in [1.54, 1.807) is 18.2 Å². The topological polar surface area (TPSA) is 96.0 Å². The Hall–Kier alpha value is -2.88. The number of carbonyl (C=O) groups excluding carboxylic acids is 1. The fourth-order valence-electron chi connectivity index (χ4n) is 2.13. The highest BCUT2D eigenvalue weighted by Gasteiger charge is 2.17. The first-order chi connectivity index (χ1) is 12.2. The van der Waals surface area contributed by atoms with Gasteiger partial charge in [-0.2, -0.15) is 5.26 Å². The first kappa shape index (κ1) is 19.4. The number of halogens is 2. The van der Waals surface area contributed by atoms with E-state index in [1.165, 1.54) is 12.1 Å². The second-order valence-corrected chi connectivity index (χ2v) is 6.32. The van der Waals surface area contributed by atoms with E-state index < -0.39 is 10.8 Å². The molecule has 0 saturated carbocycles. The normalized spacial score (nSPS) is 11.0. The van der Waals surface area contributed by atoms with Crippen molar-refractivity contribution in [3.8, 4) is 6.07 Å². The van der Waals surface area contributed by atoms with Gasteiger partial charge in [-0.05, 0) is 49.2 Å². The molecular formula is C18H13Cl2N3O3. The molecule has 2 aromatic carbocycles. The summed E-state index contributed by atoms with van der Waals surface area (Å²) in [4.78, 5) is 22.7. The molecule has 0 saturated heterocycles. The molecule has 0 aliphatic heterocycles. The zero-order chi connectivity index (χ0) is 19.4. The molecule has 0 spiro atoms. The number of carbonyl (C=O) groups is 1. The molecule has 132 valence electrons. The number of nitrogens with zero attached hydrogens (tertiary/aromatic N) is 2. The maximum absolute atomic E-state index is 12.3. The number of nitro groups is 1. The second kappa shape index (κ2) is 8.00. The maximum Gasteiger partial charge on any atom is 0.288 e. The number of benzene rings is 2. The van der Waals surface area contributed by atoms with Crippen molar-refractivity contribution >= 4 is 46.6 Å². The van der Waals surface area contributed by atoms with E-state index in [0.29, 0.717) is 5.69 Å². The largest absolute Gasteiger partial charge is 0.321 e. The lowest BCUT2D eigenvalue weighted by Gasteiger charge is -2.07. The Labute approximate surface area is 159 Å². The molecular weight excluding hydrogens is 377 g/mol. The summed E-state index contributed by atoms with van der Waals surface area (Å²) in [5.41, 5.74) is 2.12. The van der Waals surface area contributed by atoms with Gasteiger partial charge in [0, 0.05) is 22.3 Å². The number of amides is 1. The lowest BCUT2D eigenvalue weighted by atomic mass is 10.1. The fraction of sp³-hybridized carbons (Fsp3) is 0.111. The zero-order valence-corrected chi connectivity index (χ0v) is 15.4. The van der Waals surface area contributed by atoms with E-state index >= 15 is 0 Å². The van der Waals surface area contributed by atoms with E-state index in [4.69, 9.17) is 23.2 Å². The molecule has 1 N–H and O–H groups in total. The molecule has 2 rings (SSSR count). The minimum atomic E-state index is -0.669. The van der Waals surface area contributed by atoms with Crippen LogP contribution in [0.1, 0.15) is 16.7 Å². The highest BCUT2D eigenvalue weighted by atomic mass is 35.5. The van der Waals surface area contributed by atoms with Gasteiger partial charge in [0.25, 0.3) is 11.6 Å². The number of nitrogens with one attached hydrogen (secondary N) is 1. The standard InChI is InChI=1S/C18H13Cl2N3O3/c1-10-3-4-14(5-11(10)2)22-18(24)13(9-21)6-12-7-17(23(25)26)16(20)8-15(12)19/h3-8H,1-2H3,(H,22,24)/b13-6-. The summed E-state index contributed by atoms with van der Waals surface area (Å²) in [6, 6.07) is 9.43. The Morgan fingerprint density at radius 1 is 1.19 bits per heavy atom. The van der Waals surface area contributed by atoms with Crippen molar-refractivity contribution in [2.24, 2.45) is 0 Å². The van der Waals surface area contributed by atoms with Crippen LogP contribution in [0, 0.1) is 35.3 Å². The summed E-state index contributed by atoms with van der Waals surface area (Å²) >= 11 is 11.8. The van der Waals surface area contributed by atoms with Crippen LogP contribution >= 0.6 is 23.2 Å². The molecule has 1 amide bonds. The predicted octanol–water partition coefficient (Wildman–Crippen LogP) is 5.06. The highest BCUT2D eigenvalue weighted by molar-refractivity contribution is 6.37. The zero-order valence-electron chi connectivity index (χ0n) is 13.8. The van der Waals surface area contributed by atoms with Crippen LogP contribution in [-0.4, -0.2) is 10.8 Å². The van der Waals surface area contributed by atoms with Crippen LogP contribution in [0.4, 0.5) is 11.4 Å². The molecule has 0 heterocycles. The molecule has 0 atom stereocenters. The Morgan fingerprint density at radius 3 is 2.46 bits per heavy atom. The first-order valence-corrected chi connectivity index (χ1v) is 8.12. The third-order valence-electron chi connectivity index (χ3n) is 3.69. The van der Waals surface area contributed by atoms with Gasteiger partial charge in [0.1, 0.15) is 16.7 Å². The molecule has 0 unspecified atom stereocenters. The lowest BCUT2D eigenvalue weighted by molar-refractivity contribution is -0.384. The van der Waals surface area contributed by atoms with Gasteiger partial charge in [0.05, 0.1) is 4.92 Å². The van der Waals surface area contributed by atoms with E-state index in [1.807, 2.05) is 19.9 Å². The average Bonchev–Trinajstić information content (AvgIpc) is 2.57. The summed E-state index contributed by atoms with van der Waals surface area (Å²) in [5.74, 6) is -0.649. The molecule has 0 aromatic heterocycles. The fourth-order valence-corrected chi connectivity index (χ4v) is 2.63. The predicted molar refractivity (Wildman–Crippen MR) is 101 cm³/mol. The number of nitro benzene ring substituents is 1. The van der Waals surface area contributed by atoms with Gasteiger partial charge in [-0.25, -0.2) is 0 Å². The van der Waals surface area contributed by atoms with Gasteiger partial charge < -0.3 is 5.32 Å². The molecule has 0 aliphatic carbocycles. The Morgan fingerprint density at radius 2 is 1.88 bits per heavy atom. The van der Waals surface area contributed by atoms with Crippen molar-refractivity contribution in [2.45, 2.75) is 13.8 Å². The van der Waals surface area contributed by atoms with E-state index in [2.05, 4.69) is 5.32 Å². The molecule has 0 bridgehead atoms. The van der Waals surface area contributed by atoms with Gasteiger partial charge in [0.2, 0.25) is 0 Å². The van der Waals surface area contributed by atoms with Crippen LogP contribution in [0.2, 0.25) is 10.0 Å². The lowest BCUT2D eigenvalue weighted by Crippen LogP contribution is -2.13. The van der Waals surface area contributed by atoms with Gasteiger partial charge in [0.15, 0.2) is 0 Å². The van der Waals surface area contributed by atoms with E-state index in [-0.39, 0.29) is 26.9 Å². The molecule has 0 fully saturated rings. The van der Waals surface area contributed by atoms with Crippen molar-refractivity contribution in [1.29, 1.82) is 5.26 Å². The third kappa shape index (κ3) is 4.39. The molecule has 6 nitrogen and oxygen atoms in total.